The molecule has 6 atom stereocenters. The molecule has 27 heavy (non-hydrogen) atoms. The molecule has 0 heterocycles. The second-order valence-corrected chi connectivity index (χ2v) is 13.9. The Morgan fingerprint density at radius 1 is 0.407 bits per heavy atom. The number of rotatable bonds is 0. The average molecular weight is 845 g/mol. The van der Waals surface area contributed by atoms with Gasteiger partial charge in [-0.25, -0.2) is 0 Å². The number of hydrogen-bond acceptors (Lipinski definition) is 0. The minimum absolute atomic E-state index is 0. The van der Waals surface area contributed by atoms with E-state index in [2.05, 4.69) is 66.9 Å². The summed E-state index contributed by atoms with van der Waals surface area (Å²) in [6.07, 6.45) is 16.0. The molecular formula is C18H33Cl6Te3. The third-order valence-corrected chi connectivity index (χ3v) is 12.7. The van der Waals surface area contributed by atoms with Crippen LogP contribution in [-0.4, -0.2) is 83.0 Å². The van der Waals surface area contributed by atoms with Gasteiger partial charge in [0.1, 0.15) is 0 Å². The molecule has 9 heteroatoms. The van der Waals surface area contributed by atoms with Crippen molar-refractivity contribution in [2.45, 2.75) is 105 Å². The molecule has 0 nitrogen and oxygen atoms in total. The molecule has 3 aliphatic rings. The van der Waals surface area contributed by atoms with Gasteiger partial charge in [0, 0.05) is 0 Å². The fraction of sp³-hybridized carbons (Fsp3) is 1.00. The Kier molecular flexibility index (Phi) is 29.0. The predicted octanol–water partition coefficient (Wildman–Crippen LogP) is 7.64. The van der Waals surface area contributed by atoms with Crippen LogP contribution in [0.5, 0.6) is 0 Å². The van der Waals surface area contributed by atoms with Crippen LogP contribution in [0.4, 0.5) is 0 Å². The van der Waals surface area contributed by atoms with Crippen LogP contribution >= 0.6 is 72.0 Å². The topological polar surface area (TPSA) is 0 Å². The number of hydrogen-bond donors (Lipinski definition) is 0. The van der Waals surface area contributed by atoms with Crippen molar-refractivity contribution in [2.75, 3.05) is 0 Å². The van der Waals surface area contributed by atoms with Gasteiger partial charge in [0.15, 0.2) is 0 Å². The van der Waals surface area contributed by atoms with E-state index in [-0.39, 0.29) is 37.2 Å². The van der Waals surface area contributed by atoms with Crippen LogP contribution in [0.25, 0.3) is 0 Å². The van der Waals surface area contributed by atoms with E-state index in [1.54, 1.807) is 0 Å². The van der Waals surface area contributed by atoms with E-state index in [4.69, 9.17) is 34.8 Å². The first-order valence-electron chi connectivity index (χ1n) is 9.31. The van der Waals surface area contributed by atoms with E-state index in [1.807, 2.05) is 0 Å². The molecule has 0 aromatic heterocycles. The molecule has 0 saturated heterocycles. The molecule has 0 N–H and O–H groups in total. The van der Waals surface area contributed by atoms with Crippen molar-refractivity contribution in [3.05, 3.63) is 0 Å². The van der Waals surface area contributed by atoms with E-state index in [1.165, 1.54) is 77.0 Å². The van der Waals surface area contributed by atoms with Gasteiger partial charge in [-0.15, -0.1) is 37.2 Å². The van der Waals surface area contributed by atoms with Gasteiger partial charge < -0.3 is 0 Å². The summed E-state index contributed by atoms with van der Waals surface area (Å²) < 4.78 is 2.34. The molecule has 6 unspecified atom stereocenters. The van der Waals surface area contributed by atoms with E-state index < -0.39 is 0 Å². The van der Waals surface area contributed by atoms with Gasteiger partial charge in [0.25, 0.3) is 0 Å². The summed E-state index contributed by atoms with van der Waals surface area (Å²) in [5, 5.41) is 1.44. The zero-order valence-electron chi connectivity index (χ0n) is 15.5. The standard InChI is InChI=1S/3C6H10ClTe.3ClH/c3*7-5-3-1-2-4-6(5)8;;;/h3*5-6H,1-4H2;3*1H. The van der Waals surface area contributed by atoms with Crippen molar-refractivity contribution in [3.8, 4) is 0 Å². The van der Waals surface area contributed by atoms with Crippen molar-refractivity contribution < 1.29 is 0 Å². The second kappa shape index (κ2) is 21.9. The van der Waals surface area contributed by atoms with Gasteiger partial charge in [-0.3, -0.25) is 0 Å². The van der Waals surface area contributed by atoms with Gasteiger partial charge >= 0.3 is 207 Å². The van der Waals surface area contributed by atoms with Crippen molar-refractivity contribution in [1.29, 1.82) is 0 Å². The summed E-state index contributed by atoms with van der Waals surface area (Å²) in [4.78, 5) is 0. The van der Waals surface area contributed by atoms with Crippen LogP contribution in [0.1, 0.15) is 77.0 Å². The van der Waals surface area contributed by atoms with Crippen LogP contribution in [0, 0.1) is 0 Å². The van der Waals surface area contributed by atoms with E-state index in [9.17, 15) is 0 Å². The third-order valence-electron chi connectivity index (χ3n) is 4.87. The van der Waals surface area contributed by atoms with Crippen LogP contribution in [0.2, 0.25) is 11.9 Å². The molecule has 3 rings (SSSR count). The molecule has 0 aromatic carbocycles. The fourth-order valence-corrected chi connectivity index (χ4v) is 6.59. The van der Waals surface area contributed by atoms with Crippen molar-refractivity contribution in [1.82, 2.24) is 0 Å². The maximum atomic E-state index is 5.97. The molecule has 3 radical (unpaired) electrons. The molecule has 0 amide bonds. The molecule has 165 valence electrons. The Hall–Kier alpha value is 4.11. The molecule has 3 saturated carbocycles. The summed E-state index contributed by atoms with van der Waals surface area (Å²) in [5.74, 6) is 0. The minimum atomic E-state index is 0. The number of halogens is 6. The average Bonchev–Trinajstić information content (AvgIpc) is 2.57. The summed E-state index contributed by atoms with van der Waals surface area (Å²) >= 11 is 24.4. The Labute approximate surface area is 240 Å². The molecule has 3 aliphatic carbocycles. The fourth-order valence-electron chi connectivity index (χ4n) is 3.15. The van der Waals surface area contributed by atoms with Crippen molar-refractivity contribution >= 4 is 139 Å². The Bertz CT molecular complexity index is 250. The van der Waals surface area contributed by atoms with Crippen molar-refractivity contribution in [2.24, 2.45) is 0 Å². The van der Waals surface area contributed by atoms with Crippen LogP contribution in [-0.2, 0) is 0 Å². The van der Waals surface area contributed by atoms with Gasteiger partial charge in [0.05, 0.1) is 0 Å². The van der Waals surface area contributed by atoms with Gasteiger partial charge in [0.2, 0.25) is 0 Å². The first-order chi connectivity index (χ1) is 11.4. The zero-order chi connectivity index (χ0) is 17.9. The van der Waals surface area contributed by atoms with E-state index in [0.29, 0.717) is 16.1 Å². The summed E-state index contributed by atoms with van der Waals surface area (Å²) in [7, 11) is 0. The van der Waals surface area contributed by atoms with Crippen LogP contribution in [0.15, 0.2) is 0 Å². The predicted molar refractivity (Wildman–Crippen MR) is 135 cm³/mol. The molecule has 3 fully saturated rings. The molecule has 0 aromatic rings. The summed E-state index contributed by atoms with van der Waals surface area (Å²) in [6, 6.07) is 0. The maximum absolute atomic E-state index is 5.97. The Morgan fingerprint density at radius 2 is 0.593 bits per heavy atom. The van der Waals surface area contributed by atoms with Crippen molar-refractivity contribution in [3.63, 3.8) is 0 Å². The molecule has 0 aliphatic heterocycles. The first kappa shape index (κ1) is 35.7. The first-order valence-corrected chi connectivity index (χ1v) is 14.7. The van der Waals surface area contributed by atoms with Gasteiger partial charge in [-0.1, -0.05) is 0 Å². The second-order valence-electron chi connectivity index (χ2n) is 7.02. The van der Waals surface area contributed by atoms with Gasteiger partial charge in [-0.05, 0) is 0 Å². The van der Waals surface area contributed by atoms with E-state index in [0.717, 1.165) is 11.9 Å². The monoisotopic (exact) mass is 849 g/mol. The summed E-state index contributed by atoms with van der Waals surface area (Å²) in [5.41, 5.74) is 0. The third kappa shape index (κ3) is 17.3. The quantitative estimate of drug-likeness (QED) is 0.174. The molecule has 0 spiro atoms. The Morgan fingerprint density at radius 3 is 0.704 bits per heavy atom. The molecule has 0 bridgehead atoms. The zero-order valence-corrected chi connectivity index (χ0v) is 27.2. The van der Waals surface area contributed by atoms with Crippen LogP contribution in [0.3, 0.4) is 0 Å². The van der Waals surface area contributed by atoms with E-state index >= 15 is 0 Å². The van der Waals surface area contributed by atoms with Crippen LogP contribution < -0.4 is 0 Å². The SMILES string of the molecule is Cl.Cl.Cl.ClC1CCCCC1[Te].ClC1CCCCC1[Te].ClC1CCCCC1[Te]. The molecular weight excluding hydrogens is 812 g/mol. The number of alkyl halides is 3. The summed E-state index contributed by atoms with van der Waals surface area (Å²) in [6.45, 7) is 0. The van der Waals surface area contributed by atoms with Gasteiger partial charge in [-0.2, -0.15) is 0 Å². The Balaban J connectivity index is -0.000000303. The normalized spacial score (nSPS) is 35.3.